The number of halogens is 2. The number of hydrogen-bond acceptors (Lipinski definition) is 4. The van der Waals surface area contributed by atoms with E-state index < -0.39 is 28.5 Å². The van der Waals surface area contributed by atoms with Gasteiger partial charge in [0.05, 0.1) is 10.6 Å². The normalized spacial score (nSPS) is 12.2. The Balaban J connectivity index is 2.05. The zero-order chi connectivity index (χ0) is 28.7. The standard InChI is InChI=1S/C29H33Cl2N3O4S/c1-5-27(29(36)32-20(2)3)33(18-22-8-10-23(30)11-9-22)28(35)19-34(25-14-6-21(4)7-15-25)39(37,38)26-16-12-24(31)13-17-26/h6-17,20,27H,5,18-19H2,1-4H3,(H,32,36)/t27-/m1/s1. The molecule has 0 saturated carbocycles. The van der Waals surface area contributed by atoms with Crippen LogP contribution in [0.3, 0.4) is 0 Å². The lowest BCUT2D eigenvalue weighted by Gasteiger charge is -2.33. The number of benzene rings is 3. The Labute approximate surface area is 240 Å². The smallest absolute Gasteiger partial charge is 0.264 e. The summed E-state index contributed by atoms with van der Waals surface area (Å²) in [5.74, 6) is -0.828. The molecule has 39 heavy (non-hydrogen) atoms. The van der Waals surface area contributed by atoms with Crippen LogP contribution in [0.4, 0.5) is 5.69 Å². The molecule has 0 heterocycles. The van der Waals surface area contributed by atoms with Crippen molar-refractivity contribution in [3.63, 3.8) is 0 Å². The van der Waals surface area contributed by atoms with Gasteiger partial charge in [0, 0.05) is 22.6 Å². The molecule has 0 fully saturated rings. The SMILES string of the molecule is CC[C@H](C(=O)NC(C)C)N(Cc1ccc(Cl)cc1)C(=O)CN(c1ccc(C)cc1)S(=O)(=O)c1ccc(Cl)cc1. The van der Waals surface area contributed by atoms with Crippen LogP contribution < -0.4 is 9.62 Å². The summed E-state index contributed by atoms with van der Waals surface area (Å²) in [6.45, 7) is 6.98. The lowest BCUT2D eigenvalue weighted by atomic mass is 10.1. The molecule has 0 spiro atoms. The van der Waals surface area contributed by atoms with E-state index in [1.54, 1.807) is 48.5 Å². The second-order valence-electron chi connectivity index (χ2n) is 9.54. The zero-order valence-corrected chi connectivity index (χ0v) is 24.7. The van der Waals surface area contributed by atoms with Crippen molar-refractivity contribution in [2.75, 3.05) is 10.8 Å². The summed E-state index contributed by atoms with van der Waals surface area (Å²) in [6.07, 6.45) is 0.340. The topological polar surface area (TPSA) is 86.8 Å². The molecule has 0 saturated heterocycles. The molecule has 0 aromatic heterocycles. The predicted molar refractivity (Wildman–Crippen MR) is 157 cm³/mol. The van der Waals surface area contributed by atoms with E-state index in [4.69, 9.17) is 23.2 Å². The van der Waals surface area contributed by atoms with Crippen molar-refractivity contribution in [1.29, 1.82) is 0 Å². The molecule has 1 atom stereocenters. The number of nitrogens with one attached hydrogen (secondary N) is 1. The van der Waals surface area contributed by atoms with E-state index in [2.05, 4.69) is 5.32 Å². The zero-order valence-electron chi connectivity index (χ0n) is 22.4. The van der Waals surface area contributed by atoms with Gasteiger partial charge in [-0.15, -0.1) is 0 Å². The average Bonchev–Trinajstić information content (AvgIpc) is 2.88. The Morgan fingerprint density at radius 3 is 1.92 bits per heavy atom. The number of nitrogens with zero attached hydrogens (tertiary/aromatic N) is 2. The van der Waals surface area contributed by atoms with E-state index in [9.17, 15) is 18.0 Å². The maximum atomic E-state index is 14.0. The van der Waals surface area contributed by atoms with Gasteiger partial charge in [-0.1, -0.05) is 60.0 Å². The second-order valence-corrected chi connectivity index (χ2v) is 12.3. The molecule has 0 aliphatic heterocycles. The van der Waals surface area contributed by atoms with Crippen molar-refractivity contribution in [3.05, 3.63) is 94.0 Å². The Morgan fingerprint density at radius 1 is 0.872 bits per heavy atom. The molecule has 0 radical (unpaired) electrons. The predicted octanol–water partition coefficient (Wildman–Crippen LogP) is 5.83. The highest BCUT2D eigenvalue weighted by molar-refractivity contribution is 7.92. The molecule has 10 heteroatoms. The van der Waals surface area contributed by atoms with E-state index in [1.165, 1.54) is 29.2 Å². The summed E-state index contributed by atoms with van der Waals surface area (Å²) in [4.78, 5) is 28.6. The fraction of sp³-hybridized carbons (Fsp3) is 0.310. The summed E-state index contributed by atoms with van der Waals surface area (Å²) in [6, 6.07) is 18.7. The first-order chi connectivity index (χ1) is 18.4. The van der Waals surface area contributed by atoms with Gasteiger partial charge in [-0.3, -0.25) is 13.9 Å². The van der Waals surface area contributed by atoms with Crippen LogP contribution in [0.25, 0.3) is 0 Å². The number of aryl methyl sites for hydroxylation is 1. The van der Waals surface area contributed by atoms with Crippen LogP contribution in [0, 0.1) is 6.92 Å². The molecule has 7 nitrogen and oxygen atoms in total. The van der Waals surface area contributed by atoms with E-state index in [0.717, 1.165) is 15.4 Å². The number of rotatable bonds is 11. The van der Waals surface area contributed by atoms with Crippen molar-refractivity contribution >= 4 is 50.7 Å². The minimum Gasteiger partial charge on any atom is -0.352 e. The number of anilines is 1. The molecular weight excluding hydrogens is 557 g/mol. The first-order valence-corrected chi connectivity index (χ1v) is 14.8. The molecule has 208 valence electrons. The lowest BCUT2D eigenvalue weighted by Crippen LogP contribution is -2.53. The van der Waals surface area contributed by atoms with Crippen LogP contribution in [0.2, 0.25) is 10.0 Å². The summed E-state index contributed by atoms with van der Waals surface area (Å²) >= 11 is 12.0. The van der Waals surface area contributed by atoms with Crippen molar-refractivity contribution in [1.82, 2.24) is 10.2 Å². The van der Waals surface area contributed by atoms with Crippen LogP contribution in [-0.4, -0.2) is 43.8 Å². The third-order valence-electron chi connectivity index (χ3n) is 6.09. The van der Waals surface area contributed by atoms with E-state index >= 15 is 0 Å². The molecule has 0 aliphatic rings. The van der Waals surface area contributed by atoms with Crippen LogP contribution in [0.5, 0.6) is 0 Å². The van der Waals surface area contributed by atoms with Crippen molar-refractivity contribution in [2.45, 2.75) is 57.6 Å². The third-order valence-corrected chi connectivity index (χ3v) is 8.38. The van der Waals surface area contributed by atoms with E-state index in [0.29, 0.717) is 22.2 Å². The highest BCUT2D eigenvalue weighted by atomic mass is 35.5. The molecular formula is C29H33Cl2N3O4S. The van der Waals surface area contributed by atoms with Gasteiger partial charge in [0.2, 0.25) is 11.8 Å². The molecule has 0 unspecified atom stereocenters. The number of carbonyl (C=O) groups is 2. The molecule has 0 bridgehead atoms. The lowest BCUT2D eigenvalue weighted by molar-refractivity contribution is -0.140. The Morgan fingerprint density at radius 2 is 1.41 bits per heavy atom. The molecule has 0 aliphatic carbocycles. The largest absolute Gasteiger partial charge is 0.352 e. The van der Waals surface area contributed by atoms with Crippen LogP contribution in [0.1, 0.15) is 38.3 Å². The molecule has 2 amide bonds. The highest BCUT2D eigenvalue weighted by Crippen LogP contribution is 2.26. The van der Waals surface area contributed by atoms with E-state index in [-0.39, 0.29) is 23.4 Å². The minimum atomic E-state index is -4.15. The van der Waals surface area contributed by atoms with Gasteiger partial charge in [0.25, 0.3) is 10.0 Å². The van der Waals surface area contributed by atoms with Gasteiger partial charge >= 0.3 is 0 Å². The summed E-state index contributed by atoms with van der Waals surface area (Å²) in [5.41, 5.74) is 2.02. The Hall–Kier alpha value is -3.07. The van der Waals surface area contributed by atoms with E-state index in [1.807, 2.05) is 27.7 Å². The maximum Gasteiger partial charge on any atom is 0.264 e. The molecule has 1 N–H and O–H groups in total. The Bertz CT molecular complexity index is 1380. The maximum absolute atomic E-state index is 14.0. The van der Waals surface area contributed by atoms with Gasteiger partial charge in [-0.05, 0) is 81.3 Å². The first kappa shape index (κ1) is 30.5. The minimum absolute atomic E-state index is 0.00545. The van der Waals surface area contributed by atoms with Crippen LogP contribution in [0.15, 0.2) is 77.7 Å². The molecule has 3 rings (SSSR count). The fourth-order valence-corrected chi connectivity index (χ4v) is 5.73. The average molecular weight is 591 g/mol. The highest BCUT2D eigenvalue weighted by Gasteiger charge is 2.33. The second kappa shape index (κ2) is 13.3. The summed E-state index contributed by atoms with van der Waals surface area (Å²) in [5, 5.41) is 3.81. The number of amides is 2. The molecule has 3 aromatic rings. The quantitative estimate of drug-likeness (QED) is 0.305. The monoisotopic (exact) mass is 589 g/mol. The summed E-state index contributed by atoms with van der Waals surface area (Å²) in [7, 11) is -4.15. The van der Waals surface area contributed by atoms with Gasteiger partial charge in [-0.2, -0.15) is 0 Å². The van der Waals surface area contributed by atoms with Gasteiger partial charge in [-0.25, -0.2) is 8.42 Å². The Kier molecular flexibility index (Phi) is 10.4. The first-order valence-electron chi connectivity index (χ1n) is 12.6. The van der Waals surface area contributed by atoms with Gasteiger partial charge in [0.1, 0.15) is 12.6 Å². The molecule has 3 aromatic carbocycles. The van der Waals surface area contributed by atoms with Crippen molar-refractivity contribution < 1.29 is 18.0 Å². The number of sulfonamides is 1. The van der Waals surface area contributed by atoms with Crippen LogP contribution in [-0.2, 0) is 26.2 Å². The number of carbonyl (C=O) groups excluding carboxylic acids is 2. The van der Waals surface area contributed by atoms with Gasteiger partial charge < -0.3 is 10.2 Å². The van der Waals surface area contributed by atoms with Crippen molar-refractivity contribution in [3.8, 4) is 0 Å². The van der Waals surface area contributed by atoms with Crippen molar-refractivity contribution in [2.24, 2.45) is 0 Å². The third kappa shape index (κ3) is 7.97. The van der Waals surface area contributed by atoms with Gasteiger partial charge in [0.15, 0.2) is 0 Å². The number of hydrogen-bond donors (Lipinski definition) is 1. The van der Waals surface area contributed by atoms with Crippen LogP contribution >= 0.6 is 23.2 Å². The summed E-state index contributed by atoms with van der Waals surface area (Å²) < 4.78 is 28.7. The fourth-order valence-electron chi connectivity index (χ4n) is 4.06.